The number of esters is 1. The molecule has 0 bridgehead atoms. The number of ether oxygens (including phenoxy) is 2. The number of hydrogen-bond donors (Lipinski definition) is 0. The van der Waals surface area contributed by atoms with Gasteiger partial charge in [0.05, 0.1) is 6.61 Å². The molecule has 0 radical (unpaired) electrons. The number of hydrogen-bond acceptors (Lipinski definition) is 3. The summed E-state index contributed by atoms with van der Waals surface area (Å²) < 4.78 is 10.5. The van der Waals surface area contributed by atoms with Crippen LogP contribution in [0.1, 0.15) is 25.7 Å². The highest BCUT2D eigenvalue weighted by Gasteiger charge is 2.41. The smallest absolute Gasteiger partial charge is 0.306 e. The maximum absolute atomic E-state index is 10.8. The average Bonchev–Trinajstić information content (AvgIpc) is 2.34. The lowest BCUT2D eigenvalue weighted by atomic mass is 9.94. The number of rotatable bonds is 0. The monoisotopic (exact) mass is 156 g/mol. The molecule has 2 heterocycles. The molecule has 0 aliphatic carbocycles. The fraction of sp³-hybridized carbons (Fsp3) is 0.875. The quantitative estimate of drug-likeness (QED) is 0.488. The third-order valence-corrected chi connectivity index (χ3v) is 2.40. The molecule has 0 aromatic carbocycles. The van der Waals surface area contributed by atoms with Crippen molar-refractivity contribution in [3.8, 4) is 0 Å². The SMILES string of the molecule is O=C1CCC2(CCCOC2)O1. The third kappa shape index (κ3) is 1.25. The van der Waals surface area contributed by atoms with Crippen molar-refractivity contribution in [2.24, 2.45) is 0 Å². The Morgan fingerprint density at radius 1 is 1.36 bits per heavy atom. The molecule has 2 aliphatic rings. The first-order valence-electron chi connectivity index (χ1n) is 4.10. The fourth-order valence-corrected chi connectivity index (χ4v) is 1.78. The first-order chi connectivity index (χ1) is 5.31. The van der Waals surface area contributed by atoms with Gasteiger partial charge in [0.25, 0.3) is 0 Å². The van der Waals surface area contributed by atoms with Crippen molar-refractivity contribution in [1.29, 1.82) is 0 Å². The van der Waals surface area contributed by atoms with Gasteiger partial charge < -0.3 is 9.47 Å². The van der Waals surface area contributed by atoms with Crippen LogP contribution in [0.3, 0.4) is 0 Å². The van der Waals surface area contributed by atoms with Gasteiger partial charge in [-0.05, 0) is 19.3 Å². The summed E-state index contributed by atoms with van der Waals surface area (Å²) in [5.74, 6) is -0.0597. The third-order valence-electron chi connectivity index (χ3n) is 2.40. The molecular weight excluding hydrogens is 144 g/mol. The van der Waals surface area contributed by atoms with E-state index < -0.39 is 0 Å². The van der Waals surface area contributed by atoms with Crippen molar-refractivity contribution in [3.05, 3.63) is 0 Å². The number of carbonyl (C=O) groups is 1. The van der Waals surface area contributed by atoms with Crippen molar-refractivity contribution in [1.82, 2.24) is 0 Å². The van der Waals surface area contributed by atoms with E-state index >= 15 is 0 Å². The van der Waals surface area contributed by atoms with E-state index in [0.29, 0.717) is 13.0 Å². The summed E-state index contributed by atoms with van der Waals surface area (Å²) in [5, 5.41) is 0. The van der Waals surface area contributed by atoms with Crippen LogP contribution in [0, 0.1) is 0 Å². The second-order valence-corrected chi connectivity index (χ2v) is 3.31. The van der Waals surface area contributed by atoms with E-state index in [1.807, 2.05) is 0 Å². The normalized spacial score (nSPS) is 37.6. The molecule has 0 aromatic heterocycles. The Kier molecular flexibility index (Phi) is 1.60. The van der Waals surface area contributed by atoms with Gasteiger partial charge in [-0.3, -0.25) is 4.79 Å². The molecule has 2 fully saturated rings. The standard InChI is InChI=1S/C8H12O3/c9-7-2-4-8(11-7)3-1-5-10-6-8/h1-6H2. The van der Waals surface area contributed by atoms with Gasteiger partial charge in [-0.25, -0.2) is 0 Å². The van der Waals surface area contributed by atoms with Gasteiger partial charge in [0, 0.05) is 13.0 Å². The lowest BCUT2D eigenvalue weighted by Crippen LogP contribution is -2.38. The van der Waals surface area contributed by atoms with Crippen LogP contribution in [-0.2, 0) is 14.3 Å². The average molecular weight is 156 g/mol. The van der Waals surface area contributed by atoms with E-state index in [2.05, 4.69) is 0 Å². The van der Waals surface area contributed by atoms with Crippen LogP contribution in [0.5, 0.6) is 0 Å². The van der Waals surface area contributed by atoms with E-state index in [0.717, 1.165) is 25.9 Å². The summed E-state index contributed by atoms with van der Waals surface area (Å²) in [5.41, 5.74) is -0.227. The second kappa shape index (κ2) is 2.48. The Morgan fingerprint density at radius 2 is 2.27 bits per heavy atom. The Hall–Kier alpha value is -0.570. The van der Waals surface area contributed by atoms with E-state index in [1.54, 1.807) is 0 Å². The lowest BCUT2D eigenvalue weighted by Gasteiger charge is -2.31. The molecule has 62 valence electrons. The zero-order chi connectivity index (χ0) is 7.73. The molecule has 0 saturated carbocycles. The molecule has 3 heteroatoms. The second-order valence-electron chi connectivity index (χ2n) is 3.31. The molecule has 0 amide bonds. The van der Waals surface area contributed by atoms with Gasteiger partial charge in [0.15, 0.2) is 0 Å². The van der Waals surface area contributed by atoms with Gasteiger partial charge in [0.1, 0.15) is 5.60 Å². The maximum atomic E-state index is 10.8. The van der Waals surface area contributed by atoms with Gasteiger partial charge in [-0.2, -0.15) is 0 Å². The maximum Gasteiger partial charge on any atom is 0.306 e. The summed E-state index contributed by atoms with van der Waals surface area (Å²) in [6.45, 7) is 1.43. The van der Waals surface area contributed by atoms with E-state index in [1.165, 1.54) is 0 Å². The molecule has 1 atom stereocenters. The Balaban J connectivity index is 2.03. The van der Waals surface area contributed by atoms with Crippen molar-refractivity contribution in [2.45, 2.75) is 31.3 Å². The molecule has 0 N–H and O–H groups in total. The highest BCUT2D eigenvalue weighted by Crippen LogP contribution is 2.33. The van der Waals surface area contributed by atoms with Crippen LogP contribution < -0.4 is 0 Å². The molecule has 3 nitrogen and oxygen atoms in total. The zero-order valence-corrected chi connectivity index (χ0v) is 6.47. The van der Waals surface area contributed by atoms with Gasteiger partial charge in [0.2, 0.25) is 0 Å². The Labute approximate surface area is 65.7 Å². The van der Waals surface area contributed by atoms with Crippen LogP contribution >= 0.6 is 0 Å². The van der Waals surface area contributed by atoms with Gasteiger partial charge in [-0.15, -0.1) is 0 Å². The summed E-state index contributed by atoms with van der Waals surface area (Å²) in [7, 11) is 0. The minimum absolute atomic E-state index is 0.0597. The van der Waals surface area contributed by atoms with Crippen LogP contribution in [0.25, 0.3) is 0 Å². The highest BCUT2D eigenvalue weighted by atomic mass is 16.6. The highest BCUT2D eigenvalue weighted by molar-refractivity contribution is 5.72. The van der Waals surface area contributed by atoms with E-state index in [-0.39, 0.29) is 11.6 Å². The summed E-state index contributed by atoms with van der Waals surface area (Å²) in [6, 6.07) is 0. The van der Waals surface area contributed by atoms with Crippen molar-refractivity contribution < 1.29 is 14.3 Å². The predicted octanol–water partition coefficient (Wildman–Crippen LogP) is 0.873. The molecule has 2 rings (SSSR count). The fourth-order valence-electron chi connectivity index (χ4n) is 1.78. The van der Waals surface area contributed by atoms with Crippen LogP contribution in [-0.4, -0.2) is 24.8 Å². The zero-order valence-electron chi connectivity index (χ0n) is 6.47. The summed E-state index contributed by atoms with van der Waals surface area (Å²) >= 11 is 0. The van der Waals surface area contributed by atoms with Gasteiger partial charge >= 0.3 is 5.97 Å². The minimum atomic E-state index is -0.227. The largest absolute Gasteiger partial charge is 0.457 e. The van der Waals surface area contributed by atoms with Crippen LogP contribution in [0.2, 0.25) is 0 Å². The Bertz CT molecular complexity index is 170. The molecular formula is C8H12O3. The molecule has 1 spiro atoms. The van der Waals surface area contributed by atoms with Crippen molar-refractivity contribution in [3.63, 3.8) is 0 Å². The van der Waals surface area contributed by atoms with Crippen LogP contribution in [0.15, 0.2) is 0 Å². The van der Waals surface area contributed by atoms with Crippen molar-refractivity contribution >= 4 is 5.97 Å². The van der Waals surface area contributed by atoms with E-state index in [9.17, 15) is 4.79 Å². The molecule has 2 saturated heterocycles. The van der Waals surface area contributed by atoms with Crippen LogP contribution in [0.4, 0.5) is 0 Å². The minimum Gasteiger partial charge on any atom is -0.457 e. The van der Waals surface area contributed by atoms with Gasteiger partial charge in [-0.1, -0.05) is 0 Å². The number of carbonyl (C=O) groups excluding carboxylic acids is 1. The summed E-state index contributed by atoms with van der Waals surface area (Å²) in [6.07, 6.45) is 3.43. The predicted molar refractivity (Wildman–Crippen MR) is 38.1 cm³/mol. The molecule has 11 heavy (non-hydrogen) atoms. The molecule has 1 unspecified atom stereocenters. The summed E-state index contributed by atoms with van der Waals surface area (Å²) in [4.78, 5) is 10.8. The Morgan fingerprint density at radius 3 is 2.82 bits per heavy atom. The molecule has 2 aliphatic heterocycles. The topological polar surface area (TPSA) is 35.5 Å². The first kappa shape index (κ1) is 7.10. The molecule has 0 aromatic rings. The van der Waals surface area contributed by atoms with Crippen molar-refractivity contribution in [2.75, 3.05) is 13.2 Å². The van der Waals surface area contributed by atoms with E-state index in [4.69, 9.17) is 9.47 Å². The first-order valence-corrected chi connectivity index (χ1v) is 4.10. The lowest BCUT2D eigenvalue weighted by molar-refractivity contribution is -0.158.